The highest BCUT2D eigenvalue weighted by molar-refractivity contribution is 5.88. The second kappa shape index (κ2) is 9.23. The van der Waals surface area contributed by atoms with Crippen molar-refractivity contribution in [3.8, 4) is 12.3 Å². The lowest BCUT2D eigenvalue weighted by Crippen LogP contribution is -2.47. The molecule has 0 aromatic carbocycles. The van der Waals surface area contributed by atoms with Gasteiger partial charge in [-0.3, -0.25) is 14.4 Å². The first-order valence-corrected chi connectivity index (χ1v) is 8.64. The quantitative estimate of drug-likeness (QED) is 0.444. The highest BCUT2D eigenvalue weighted by Crippen LogP contribution is 2.18. The molecule has 2 atom stereocenters. The van der Waals surface area contributed by atoms with Gasteiger partial charge in [-0.25, -0.2) is 0 Å². The zero-order chi connectivity index (χ0) is 18.2. The Morgan fingerprint density at radius 1 is 1.40 bits per heavy atom. The van der Waals surface area contributed by atoms with Crippen molar-refractivity contribution in [3.05, 3.63) is 12.2 Å². The van der Waals surface area contributed by atoms with Crippen molar-refractivity contribution >= 4 is 17.8 Å². The van der Waals surface area contributed by atoms with E-state index in [0.717, 1.165) is 25.9 Å². The van der Waals surface area contributed by atoms with Gasteiger partial charge in [0.1, 0.15) is 6.04 Å². The maximum absolute atomic E-state index is 12.3. The number of carboxylic acids is 1. The first kappa shape index (κ1) is 19.0. The highest BCUT2D eigenvalue weighted by Gasteiger charge is 2.29. The summed E-state index contributed by atoms with van der Waals surface area (Å²) in [6.07, 6.45) is 10.7. The predicted octanol–water partition coefficient (Wildman–Crippen LogP) is -0.0166. The van der Waals surface area contributed by atoms with Crippen molar-refractivity contribution in [2.45, 2.75) is 31.7 Å². The molecule has 2 saturated heterocycles. The standard InChI is InChI=1S/C18H25N3O4/c1-2-15(9-17(23)24)20-18(25)14-6-4-8-21(12-14)16(22)7-3-5-13-10-19-11-13/h1,3,7,13-15,19H,4-6,8-12H2,(H,20,25)(H,23,24)/b7-3+/t14-,15?/m1/s1. The van der Waals surface area contributed by atoms with Gasteiger partial charge in [-0.2, -0.15) is 0 Å². The number of aliphatic carboxylic acids is 1. The van der Waals surface area contributed by atoms with Crippen LogP contribution in [0.2, 0.25) is 0 Å². The lowest BCUT2D eigenvalue weighted by atomic mass is 9.96. The van der Waals surface area contributed by atoms with Crippen molar-refractivity contribution in [2.24, 2.45) is 11.8 Å². The zero-order valence-corrected chi connectivity index (χ0v) is 14.2. The average Bonchev–Trinajstić information content (AvgIpc) is 2.55. The Bertz CT molecular complexity index is 577. The number of carboxylic acid groups (broad SMARTS) is 1. The van der Waals surface area contributed by atoms with Crippen LogP contribution in [0.5, 0.6) is 0 Å². The van der Waals surface area contributed by atoms with E-state index in [9.17, 15) is 14.4 Å². The largest absolute Gasteiger partial charge is 0.481 e. The molecule has 0 aromatic heterocycles. The molecule has 2 rings (SSSR count). The maximum atomic E-state index is 12.3. The third-order valence-electron chi connectivity index (χ3n) is 4.60. The van der Waals surface area contributed by atoms with E-state index >= 15 is 0 Å². The van der Waals surface area contributed by atoms with Gasteiger partial charge in [0.25, 0.3) is 0 Å². The number of amides is 2. The van der Waals surface area contributed by atoms with Crippen molar-refractivity contribution in [1.82, 2.24) is 15.5 Å². The van der Waals surface area contributed by atoms with Crippen LogP contribution in [-0.2, 0) is 14.4 Å². The molecule has 2 aliphatic rings. The third-order valence-corrected chi connectivity index (χ3v) is 4.60. The third kappa shape index (κ3) is 5.91. The molecular weight excluding hydrogens is 322 g/mol. The van der Waals surface area contributed by atoms with E-state index in [1.807, 2.05) is 6.08 Å². The summed E-state index contributed by atoms with van der Waals surface area (Å²) in [4.78, 5) is 37.0. The fourth-order valence-electron chi connectivity index (χ4n) is 2.99. The molecule has 2 aliphatic heterocycles. The van der Waals surface area contributed by atoms with Crippen molar-refractivity contribution in [2.75, 3.05) is 26.2 Å². The number of likely N-dealkylation sites (tertiary alicyclic amines) is 1. The minimum Gasteiger partial charge on any atom is -0.481 e. The predicted molar refractivity (Wildman–Crippen MR) is 92.4 cm³/mol. The highest BCUT2D eigenvalue weighted by atomic mass is 16.4. The lowest BCUT2D eigenvalue weighted by Gasteiger charge is -2.32. The fourth-order valence-corrected chi connectivity index (χ4v) is 2.99. The number of piperidine rings is 1. The van der Waals surface area contributed by atoms with E-state index in [1.54, 1.807) is 11.0 Å². The normalized spacial score (nSPS) is 22.0. The molecule has 0 bridgehead atoms. The Hall–Kier alpha value is -2.33. The molecule has 2 amide bonds. The molecule has 3 N–H and O–H groups in total. The van der Waals surface area contributed by atoms with Gasteiger partial charge >= 0.3 is 5.97 Å². The fraction of sp³-hybridized carbons (Fsp3) is 0.611. The first-order valence-electron chi connectivity index (χ1n) is 8.64. The summed E-state index contributed by atoms with van der Waals surface area (Å²) in [5.41, 5.74) is 0. The molecule has 25 heavy (non-hydrogen) atoms. The Balaban J connectivity index is 1.82. The summed E-state index contributed by atoms with van der Waals surface area (Å²) in [6, 6.07) is -0.827. The van der Waals surface area contributed by atoms with Gasteiger partial charge in [-0.1, -0.05) is 12.0 Å². The number of hydrogen-bond donors (Lipinski definition) is 3. The second-order valence-corrected chi connectivity index (χ2v) is 6.61. The van der Waals surface area contributed by atoms with Crippen LogP contribution in [0.4, 0.5) is 0 Å². The van der Waals surface area contributed by atoms with Crippen LogP contribution in [0.1, 0.15) is 25.7 Å². The molecule has 136 valence electrons. The average molecular weight is 347 g/mol. The summed E-state index contributed by atoms with van der Waals surface area (Å²) < 4.78 is 0. The van der Waals surface area contributed by atoms with E-state index in [-0.39, 0.29) is 24.2 Å². The van der Waals surface area contributed by atoms with Gasteiger partial charge in [0.15, 0.2) is 0 Å². The number of terminal acetylenes is 1. The van der Waals surface area contributed by atoms with Crippen LogP contribution in [-0.4, -0.2) is 60.0 Å². The van der Waals surface area contributed by atoms with E-state index < -0.39 is 12.0 Å². The minimum atomic E-state index is -1.06. The van der Waals surface area contributed by atoms with Crippen LogP contribution in [0.15, 0.2) is 12.2 Å². The Morgan fingerprint density at radius 2 is 2.16 bits per heavy atom. The number of nitrogens with zero attached hydrogens (tertiary/aromatic N) is 1. The number of carbonyl (C=O) groups is 3. The molecule has 7 heteroatoms. The molecule has 0 aliphatic carbocycles. The minimum absolute atomic E-state index is 0.0798. The van der Waals surface area contributed by atoms with E-state index in [4.69, 9.17) is 11.5 Å². The molecule has 1 unspecified atom stereocenters. The summed E-state index contributed by atoms with van der Waals surface area (Å²) in [7, 11) is 0. The van der Waals surface area contributed by atoms with Crippen molar-refractivity contribution < 1.29 is 19.5 Å². The summed E-state index contributed by atoms with van der Waals surface area (Å²) >= 11 is 0. The van der Waals surface area contributed by atoms with E-state index in [1.165, 1.54) is 0 Å². The monoisotopic (exact) mass is 347 g/mol. The van der Waals surface area contributed by atoms with Crippen LogP contribution < -0.4 is 10.6 Å². The SMILES string of the molecule is C#CC(CC(=O)O)NC(=O)[C@@H]1CCCN(C(=O)/C=C/CC2CNC2)C1. The maximum Gasteiger partial charge on any atom is 0.306 e. The number of carbonyl (C=O) groups excluding carboxylic acids is 2. The first-order chi connectivity index (χ1) is 12.0. The second-order valence-electron chi connectivity index (χ2n) is 6.61. The molecule has 7 nitrogen and oxygen atoms in total. The molecule has 2 fully saturated rings. The molecule has 0 aromatic rings. The number of allylic oxidation sites excluding steroid dienone is 1. The molecule has 2 heterocycles. The van der Waals surface area contributed by atoms with E-state index in [0.29, 0.717) is 25.4 Å². The number of hydrogen-bond acceptors (Lipinski definition) is 4. The zero-order valence-electron chi connectivity index (χ0n) is 14.2. The molecule has 0 radical (unpaired) electrons. The van der Waals surface area contributed by atoms with Crippen molar-refractivity contribution in [1.29, 1.82) is 0 Å². The lowest BCUT2D eigenvalue weighted by molar-refractivity contribution is -0.137. The number of nitrogens with one attached hydrogen (secondary N) is 2. The Morgan fingerprint density at radius 3 is 2.76 bits per heavy atom. The van der Waals surface area contributed by atoms with Gasteiger partial charge < -0.3 is 20.6 Å². The van der Waals surface area contributed by atoms with Gasteiger partial charge in [0, 0.05) is 13.1 Å². The van der Waals surface area contributed by atoms with Gasteiger partial charge in [0.05, 0.1) is 12.3 Å². The topological polar surface area (TPSA) is 98.7 Å². The summed E-state index contributed by atoms with van der Waals surface area (Å²) in [5, 5.41) is 14.6. The molecule has 0 spiro atoms. The van der Waals surface area contributed by atoms with Gasteiger partial charge in [-0.15, -0.1) is 6.42 Å². The Labute approximate surface area is 147 Å². The molecule has 0 saturated carbocycles. The number of rotatable bonds is 7. The van der Waals surface area contributed by atoms with Crippen LogP contribution >= 0.6 is 0 Å². The van der Waals surface area contributed by atoms with Gasteiger partial charge in [0.2, 0.25) is 11.8 Å². The summed E-state index contributed by atoms with van der Waals surface area (Å²) in [6.45, 7) is 2.96. The van der Waals surface area contributed by atoms with Crippen LogP contribution in [0, 0.1) is 24.2 Å². The van der Waals surface area contributed by atoms with Crippen molar-refractivity contribution in [3.63, 3.8) is 0 Å². The van der Waals surface area contributed by atoms with Gasteiger partial charge in [-0.05, 0) is 44.3 Å². The Kier molecular flexibility index (Phi) is 7.02. The van der Waals surface area contributed by atoms with E-state index in [2.05, 4.69) is 16.6 Å². The summed E-state index contributed by atoms with van der Waals surface area (Å²) in [5.74, 6) is 1.11. The van der Waals surface area contributed by atoms with Crippen LogP contribution in [0.3, 0.4) is 0 Å². The van der Waals surface area contributed by atoms with Crippen LogP contribution in [0.25, 0.3) is 0 Å². The smallest absolute Gasteiger partial charge is 0.306 e. The molecular formula is C18H25N3O4.